The van der Waals surface area contributed by atoms with Crippen molar-refractivity contribution in [3.63, 3.8) is 0 Å². The van der Waals surface area contributed by atoms with Crippen LogP contribution in [-0.4, -0.2) is 306 Å². The molecule has 3 saturated heterocycles. The van der Waals surface area contributed by atoms with Crippen molar-refractivity contribution in [3.8, 4) is 11.5 Å². The molecule has 25 unspecified atom stereocenters. The lowest BCUT2D eigenvalue weighted by atomic mass is 9.93. The molecule has 536 valence electrons. The van der Waals surface area contributed by atoms with Crippen LogP contribution in [0.3, 0.4) is 0 Å². The highest BCUT2D eigenvalue weighted by atomic mass is 16.7. The standard InChI is InChI=1S/C61H87N11O25/c1-3-92-31-13-11-28(12-14-31)24-91-25-38-45(80)47(82)50(85)59(96-38)97-52-37(23-76)95-58(51(86)48(52)83)93-32-15-9-27(10-16-32)17-33(68-54(88)39(62)26(2)29-7-5-4-6-8-29)53(87)70-40(42(77)34-18-65-60(63)69-34)56(90)71-41(55(89)67-30(20-73)21-74)43(78)35-19-66-61(64)72(35)57-49(84)46(81)44(79)36(22-75)94-57/h4-16,20,26,30,33-52,57-59,74-86H,3,17-19,21-25,62H2,1-2H3,(H2,64,66)(H,67,89)(H,68,88)(H,70,87)(H,71,90)(H3,63,65,69). The Morgan fingerprint density at radius 1 is 0.670 bits per heavy atom. The lowest BCUT2D eigenvalue weighted by Gasteiger charge is -2.46. The van der Waals surface area contributed by atoms with Crippen molar-refractivity contribution < 1.29 is 124 Å². The van der Waals surface area contributed by atoms with Crippen LogP contribution in [0.4, 0.5) is 0 Å². The normalized spacial score (nSPS) is 31.3. The molecule has 0 radical (unpaired) electrons. The number of aliphatic hydroxyl groups is 13. The van der Waals surface area contributed by atoms with Crippen LogP contribution in [0.15, 0.2) is 88.8 Å². The summed E-state index contributed by atoms with van der Waals surface area (Å²) in [5.41, 5.74) is 20.3. The fourth-order valence-corrected chi connectivity index (χ4v) is 11.6. The Kier molecular flexibility index (Phi) is 26.7. The van der Waals surface area contributed by atoms with Gasteiger partial charge in [-0.25, -0.2) is 0 Å². The van der Waals surface area contributed by atoms with E-state index in [1.807, 2.05) is 6.92 Å². The molecule has 4 amide bonds. The first-order valence-electron chi connectivity index (χ1n) is 31.2. The van der Waals surface area contributed by atoms with Crippen LogP contribution in [0.1, 0.15) is 36.5 Å². The topological polar surface area (TPSA) is 579 Å². The summed E-state index contributed by atoms with van der Waals surface area (Å²) < 4.78 is 40.3. The molecule has 5 heterocycles. The number of nitrogens with zero attached hydrogens (tertiary/aromatic N) is 3. The van der Waals surface area contributed by atoms with Gasteiger partial charge in [-0.15, -0.1) is 0 Å². The number of rotatable bonds is 31. The van der Waals surface area contributed by atoms with E-state index in [1.54, 1.807) is 61.5 Å². The average Bonchev–Trinajstić information content (AvgIpc) is 1.78. The average molecular weight is 1370 g/mol. The molecule has 0 spiro atoms. The number of hydrogen-bond acceptors (Lipinski definition) is 32. The van der Waals surface area contributed by atoms with Crippen LogP contribution in [0, 0.1) is 0 Å². The van der Waals surface area contributed by atoms with Gasteiger partial charge in [-0.1, -0.05) is 61.5 Å². The summed E-state index contributed by atoms with van der Waals surface area (Å²) in [6.45, 7) is 0.208. The fraction of sp³-hybridized carbons (Fsp3) is 0.590. The highest BCUT2D eigenvalue weighted by molar-refractivity contribution is 5.96. The van der Waals surface area contributed by atoms with E-state index in [9.17, 15) is 90.4 Å². The third-order valence-corrected chi connectivity index (χ3v) is 17.3. The van der Waals surface area contributed by atoms with Gasteiger partial charge in [-0.2, -0.15) is 0 Å². The van der Waals surface area contributed by atoms with Crippen LogP contribution >= 0.6 is 0 Å². The smallest absolute Gasteiger partial charge is 0.246 e. The maximum absolute atomic E-state index is 15.0. The van der Waals surface area contributed by atoms with Crippen molar-refractivity contribution in [2.45, 2.75) is 179 Å². The summed E-state index contributed by atoms with van der Waals surface area (Å²) in [5.74, 6) is -5.52. The van der Waals surface area contributed by atoms with Gasteiger partial charge in [0.05, 0.1) is 70.9 Å². The number of amides is 4. The van der Waals surface area contributed by atoms with Crippen LogP contribution in [0.25, 0.3) is 0 Å². The summed E-state index contributed by atoms with van der Waals surface area (Å²) in [4.78, 5) is 79.2. The van der Waals surface area contributed by atoms with Crippen LogP contribution in [0.5, 0.6) is 11.5 Å². The van der Waals surface area contributed by atoms with Crippen molar-refractivity contribution in [2.24, 2.45) is 27.2 Å². The molecule has 0 saturated carbocycles. The number of nitrogens with two attached hydrogens (primary N) is 3. The Hall–Kier alpha value is -7.41. The fourth-order valence-electron chi connectivity index (χ4n) is 11.6. The molecule has 0 bridgehead atoms. The van der Waals surface area contributed by atoms with Gasteiger partial charge in [0.25, 0.3) is 0 Å². The highest BCUT2D eigenvalue weighted by Crippen LogP contribution is 2.33. The first-order chi connectivity index (χ1) is 46.3. The van der Waals surface area contributed by atoms with E-state index in [0.29, 0.717) is 17.9 Å². The zero-order chi connectivity index (χ0) is 70.5. The molecular weight excluding hydrogens is 1290 g/mol. The molecule has 0 aromatic heterocycles. The Bertz CT molecular complexity index is 3130. The number of aliphatic imine (C=N–C) groups is 2. The molecular formula is C61H87N11O25. The third-order valence-electron chi connectivity index (χ3n) is 17.3. The molecule has 36 heteroatoms. The maximum atomic E-state index is 15.0. The first-order valence-corrected chi connectivity index (χ1v) is 31.2. The van der Waals surface area contributed by atoms with Gasteiger partial charge in [0.1, 0.15) is 127 Å². The predicted octanol–water partition coefficient (Wildman–Crippen LogP) is -10.1. The molecule has 8 rings (SSSR count). The number of hydrogen-bond donors (Lipinski definition) is 21. The molecule has 3 fully saturated rings. The van der Waals surface area contributed by atoms with Crippen molar-refractivity contribution in [1.82, 2.24) is 31.5 Å². The van der Waals surface area contributed by atoms with Crippen molar-refractivity contribution in [2.75, 3.05) is 46.1 Å². The summed E-state index contributed by atoms with van der Waals surface area (Å²) in [7, 11) is 0. The van der Waals surface area contributed by atoms with Crippen LogP contribution in [0.2, 0.25) is 0 Å². The van der Waals surface area contributed by atoms with Crippen LogP contribution in [-0.2, 0) is 60.7 Å². The summed E-state index contributed by atoms with van der Waals surface area (Å²) in [5, 5.41) is 154. The zero-order valence-corrected chi connectivity index (χ0v) is 52.7. The molecule has 3 aromatic rings. The number of carbonyl (C=O) groups is 5. The van der Waals surface area contributed by atoms with Crippen molar-refractivity contribution >= 4 is 41.8 Å². The van der Waals surface area contributed by atoms with E-state index in [-0.39, 0.29) is 43.3 Å². The Labute approximate surface area is 554 Å². The number of benzene rings is 3. The second-order valence-corrected chi connectivity index (χ2v) is 23.9. The van der Waals surface area contributed by atoms with E-state index in [1.165, 1.54) is 24.3 Å². The van der Waals surface area contributed by atoms with E-state index in [2.05, 4.69) is 36.6 Å². The number of guanidine groups is 2. The predicted molar refractivity (Wildman–Crippen MR) is 332 cm³/mol. The van der Waals surface area contributed by atoms with Gasteiger partial charge in [-0.05, 0) is 47.9 Å². The van der Waals surface area contributed by atoms with E-state index in [0.717, 1.165) is 10.5 Å². The maximum Gasteiger partial charge on any atom is 0.246 e. The van der Waals surface area contributed by atoms with E-state index < -0.39 is 215 Å². The largest absolute Gasteiger partial charge is 0.494 e. The molecule has 24 N–H and O–H groups in total. The SMILES string of the molecule is CCOc1ccc(COCC2OC(OC3C(CO)OC(Oc4ccc(CC(NC(=O)C(N)C(C)c5ccccc5)C(=O)NC(C(=O)NC(C(=O)NC(C=O)CO)C(O)C5CN=C(N)N5C5OC(CO)C(O)C(O)C5O)C(O)C5CN=C(N)N5)cc4)C(O)C3O)C(O)C(O)C2O)cc1. The quantitative estimate of drug-likeness (QED) is 0.0266. The minimum absolute atomic E-state index is 0.0381. The highest BCUT2D eigenvalue weighted by Gasteiger charge is 2.54. The first kappa shape index (κ1) is 75.4. The van der Waals surface area contributed by atoms with Gasteiger partial charge in [0, 0.05) is 12.3 Å². The van der Waals surface area contributed by atoms with Gasteiger partial charge in [0.2, 0.25) is 29.9 Å². The molecule has 36 nitrogen and oxygen atoms in total. The summed E-state index contributed by atoms with van der Waals surface area (Å²) in [6.07, 6.45) is -30.8. The van der Waals surface area contributed by atoms with E-state index in [4.69, 9.17) is 50.4 Å². The number of nitrogens with one attached hydrogen (secondary N) is 5. The molecule has 25 atom stereocenters. The Balaban J connectivity index is 1.00. The minimum Gasteiger partial charge on any atom is -0.494 e. The van der Waals surface area contributed by atoms with Crippen molar-refractivity contribution in [3.05, 3.63) is 95.6 Å². The number of aldehydes is 1. The summed E-state index contributed by atoms with van der Waals surface area (Å²) >= 11 is 0. The lowest BCUT2D eigenvalue weighted by molar-refractivity contribution is -0.353. The number of carbonyl (C=O) groups excluding carboxylic acids is 5. The molecule has 5 aliphatic rings. The second-order valence-electron chi connectivity index (χ2n) is 23.9. The molecule has 5 aliphatic heterocycles. The molecule has 3 aromatic carbocycles. The number of aliphatic hydroxyl groups excluding tert-OH is 13. The van der Waals surface area contributed by atoms with Gasteiger partial charge in [-0.3, -0.25) is 29.2 Å². The molecule has 0 aliphatic carbocycles. The Morgan fingerprint density at radius 3 is 1.90 bits per heavy atom. The molecule has 97 heavy (non-hydrogen) atoms. The minimum atomic E-state index is -2.26. The number of ether oxygens (including phenoxy) is 7. The van der Waals surface area contributed by atoms with Gasteiger partial charge in [0.15, 0.2) is 24.4 Å². The van der Waals surface area contributed by atoms with E-state index >= 15 is 0 Å². The van der Waals surface area contributed by atoms with Crippen LogP contribution < -0.4 is 53.3 Å². The zero-order valence-electron chi connectivity index (χ0n) is 52.7. The second kappa shape index (κ2) is 34.4. The Morgan fingerprint density at radius 2 is 1.27 bits per heavy atom. The van der Waals surface area contributed by atoms with Gasteiger partial charge >= 0.3 is 0 Å². The third kappa shape index (κ3) is 18.1. The lowest BCUT2D eigenvalue weighted by Crippen LogP contribution is -2.70. The van der Waals surface area contributed by atoms with Gasteiger partial charge < -0.3 is 153 Å². The summed E-state index contributed by atoms with van der Waals surface area (Å²) in [6, 6.07) is 9.21. The van der Waals surface area contributed by atoms with Crippen molar-refractivity contribution in [1.29, 1.82) is 0 Å². The monoisotopic (exact) mass is 1370 g/mol.